The molecule has 0 saturated heterocycles. The fourth-order valence-electron chi connectivity index (χ4n) is 1.19. The van der Waals surface area contributed by atoms with Gasteiger partial charge in [0.05, 0.1) is 0 Å². The second kappa shape index (κ2) is 3.78. The lowest BCUT2D eigenvalue weighted by molar-refractivity contribution is -0.142. The molecule has 1 unspecified atom stereocenters. The Bertz CT molecular complexity index is 387. The van der Waals surface area contributed by atoms with Gasteiger partial charge in [-0.25, -0.2) is 0 Å². The number of phenols is 2. The molecule has 1 aromatic rings. The molecule has 82 valence electrons. The predicted molar refractivity (Wildman–Crippen MR) is 53.7 cm³/mol. The average molecular weight is 211 g/mol. The van der Waals surface area contributed by atoms with E-state index in [9.17, 15) is 15.0 Å². The third-order valence-corrected chi connectivity index (χ3v) is 2.14. The topological polar surface area (TPSA) is 104 Å². The molecule has 1 rings (SSSR count). The van der Waals surface area contributed by atoms with Gasteiger partial charge in [-0.15, -0.1) is 0 Å². The van der Waals surface area contributed by atoms with E-state index in [1.807, 2.05) is 0 Å². The Kier molecular flexibility index (Phi) is 2.85. The number of aliphatic carboxylic acids is 1. The van der Waals surface area contributed by atoms with Gasteiger partial charge in [-0.05, 0) is 13.0 Å². The van der Waals surface area contributed by atoms with Gasteiger partial charge in [0.15, 0.2) is 11.5 Å². The van der Waals surface area contributed by atoms with Crippen molar-refractivity contribution in [2.45, 2.75) is 18.9 Å². The van der Waals surface area contributed by atoms with Crippen LogP contribution < -0.4 is 5.73 Å². The number of carbonyl (C=O) groups is 1. The molecule has 1 atom stereocenters. The molecule has 0 aliphatic rings. The summed E-state index contributed by atoms with van der Waals surface area (Å²) in [4.78, 5) is 10.8. The minimum Gasteiger partial charge on any atom is -0.504 e. The maximum atomic E-state index is 10.8. The summed E-state index contributed by atoms with van der Waals surface area (Å²) in [5.41, 5.74) is 4.36. The first-order valence-electron chi connectivity index (χ1n) is 4.36. The second-order valence-corrected chi connectivity index (χ2v) is 3.68. The van der Waals surface area contributed by atoms with Crippen LogP contribution in [0, 0.1) is 0 Å². The Labute approximate surface area is 86.8 Å². The van der Waals surface area contributed by atoms with Crippen LogP contribution in [0.15, 0.2) is 18.2 Å². The lowest BCUT2D eigenvalue weighted by atomic mass is 9.93. The molecule has 5 nitrogen and oxygen atoms in total. The number of benzene rings is 1. The van der Waals surface area contributed by atoms with E-state index in [1.165, 1.54) is 25.1 Å². The lowest BCUT2D eigenvalue weighted by Crippen LogP contribution is -2.46. The van der Waals surface area contributed by atoms with Crippen molar-refractivity contribution in [3.05, 3.63) is 23.8 Å². The molecule has 0 aliphatic heterocycles. The number of rotatable bonds is 3. The van der Waals surface area contributed by atoms with Crippen LogP contribution in [0.1, 0.15) is 12.5 Å². The minimum atomic E-state index is -1.47. The van der Waals surface area contributed by atoms with Gasteiger partial charge in [0.25, 0.3) is 0 Å². The summed E-state index contributed by atoms with van der Waals surface area (Å²) in [6.45, 7) is 1.35. The zero-order chi connectivity index (χ0) is 11.6. The Morgan fingerprint density at radius 3 is 2.60 bits per heavy atom. The highest BCUT2D eigenvalue weighted by Crippen LogP contribution is 2.30. The molecule has 0 heterocycles. The summed E-state index contributed by atoms with van der Waals surface area (Å²) in [7, 11) is 0. The first-order valence-corrected chi connectivity index (χ1v) is 4.36. The first-order chi connectivity index (χ1) is 6.84. The van der Waals surface area contributed by atoms with Crippen LogP contribution in [0.4, 0.5) is 0 Å². The lowest BCUT2D eigenvalue weighted by Gasteiger charge is -2.19. The highest BCUT2D eigenvalue weighted by atomic mass is 16.4. The zero-order valence-electron chi connectivity index (χ0n) is 8.27. The average Bonchev–Trinajstić information content (AvgIpc) is 2.12. The maximum Gasteiger partial charge on any atom is 0.323 e. The van der Waals surface area contributed by atoms with Gasteiger partial charge in [0.2, 0.25) is 0 Å². The standard InChI is InChI=1S/C10H13NO4/c1-10(11,9(14)15)5-6-3-2-4-7(12)8(6)13/h2-4,12-13H,5,11H2,1H3,(H,14,15). The second-order valence-electron chi connectivity index (χ2n) is 3.68. The fourth-order valence-corrected chi connectivity index (χ4v) is 1.19. The number of phenolic OH excluding ortho intramolecular Hbond substituents is 2. The molecule has 0 fully saturated rings. The smallest absolute Gasteiger partial charge is 0.323 e. The zero-order valence-corrected chi connectivity index (χ0v) is 8.27. The van der Waals surface area contributed by atoms with Gasteiger partial charge in [-0.1, -0.05) is 12.1 Å². The number of hydrogen-bond acceptors (Lipinski definition) is 4. The van der Waals surface area contributed by atoms with Crippen LogP contribution in [-0.2, 0) is 11.2 Å². The van der Waals surface area contributed by atoms with E-state index in [0.29, 0.717) is 5.56 Å². The van der Waals surface area contributed by atoms with Gasteiger partial charge in [-0.3, -0.25) is 4.79 Å². The molecule has 0 saturated carbocycles. The monoisotopic (exact) mass is 211 g/mol. The van der Waals surface area contributed by atoms with Gasteiger partial charge < -0.3 is 21.1 Å². The summed E-state index contributed by atoms with van der Waals surface area (Å²) in [6.07, 6.45) is -0.0530. The Morgan fingerprint density at radius 1 is 1.47 bits per heavy atom. The number of nitrogens with two attached hydrogens (primary N) is 1. The van der Waals surface area contributed by atoms with E-state index in [1.54, 1.807) is 0 Å². The number of para-hydroxylation sites is 1. The third kappa shape index (κ3) is 2.38. The van der Waals surface area contributed by atoms with E-state index in [4.69, 9.17) is 10.8 Å². The first kappa shape index (κ1) is 11.3. The van der Waals surface area contributed by atoms with Crippen molar-refractivity contribution in [2.24, 2.45) is 5.73 Å². The molecular formula is C10H13NO4. The number of carboxylic acids is 1. The highest BCUT2D eigenvalue weighted by Gasteiger charge is 2.29. The van der Waals surface area contributed by atoms with E-state index in [0.717, 1.165) is 0 Å². The van der Waals surface area contributed by atoms with E-state index in [-0.39, 0.29) is 17.9 Å². The van der Waals surface area contributed by atoms with Crippen molar-refractivity contribution in [1.82, 2.24) is 0 Å². The van der Waals surface area contributed by atoms with Gasteiger partial charge in [0.1, 0.15) is 5.54 Å². The quantitative estimate of drug-likeness (QED) is 0.543. The van der Waals surface area contributed by atoms with E-state index in [2.05, 4.69) is 0 Å². The Hall–Kier alpha value is -1.75. The van der Waals surface area contributed by atoms with Gasteiger partial charge >= 0.3 is 5.97 Å². The fraction of sp³-hybridized carbons (Fsp3) is 0.300. The molecule has 0 radical (unpaired) electrons. The summed E-state index contributed by atoms with van der Waals surface area (Å²) < 4.78 is 0. The normalized spacial score (nSPS) is 14.5. The number of aromatic hydroxyl groups is 2. The van der Waals surface area contributed by atoms with Crippen molar-refractivity contribution in [2.75, 3.05) is 0 Å². The van der Waals surface area contributed by atoms with Gasteiger partial charge in [0, 0.05) is 12.0 Å². The van der Waals surface area contributed by atoms with Crippen LogP contribution in [0.5, 0.6) is 11.5 Å². The molecule has 0 amide bonds. The largest absolute Gasteiger partial charge is 0.504 e. The van der Waals surface area contributed by atoms with Crippen LogP contribution in [0.3, 0.4) is 0 Å². The molecule has 0 spiro atoms. The maximum absolute atomic E-state index is 10.8. The molecule has 0 bridgehead atoms. The molecule has 5 heteroatoms. The summed E-state index contributed by atoms with van der Waals surface area (Å²) >= 11 is 0. The highest BCUT2D eigenvalue weighted by molar-refractivity contribution is 5.78. The molecule has 0 aromatic heterocycles. The van der Waals surface area contributed by atoms with Crippen molar-refractivity contribution in [3.63, 3.8) is 0 Å². The third-order valence-electron chi connectivity index (χ3n) is 2.14. The van der Waals surface area contributed by atoms with E-state index < -0.39 is 11.5 Å². The van der Waals surface area contributed by atoms with Crippen molar-refractivity contribution in [3.8, 4) is 11.5 Å². The van der Waals surface area contributed by atoms with Crippen LogP contribution >= 0.6 is 0 Å². The molecule has 0 aliphatic carbocycles. The van der Waals surface area contributed by atoms with Crippen molar-refractivity contribution in [1.29, 1.82) is 0 Å². The van der Waals surface area contributed by atoms with Gasteiger partial charge in [-0.2, -0.15) is 0 Å². The van der Waals surface area contributed by atoms with Crippen LogP contribution in [0.2, 0.25) is 0 Å². The number of hydrogen-bond donors (Lipinski definition) is 4. The van der Waals surface area contributed by atoms with Crippen LogP contribution in [-0.4, -0.2) is 26.8 Å². The molecule has 1 aromatic carbocycles. The van der Waals surface area contributed by atoms with Crippen molar-refractivity contribution < 1.29 is 20.1 Å². The molecular weight excluding hydrogens is 198 g/mol. The van der Waals surface area contributed by atoms with Crippen LogP contribution in [0.25, 0.3) is 0 Å². The summed E-state index contributed by atoms with van der Waals surface area (Å²) in [5.74, 6) is -1.77. The number of carboxylic acid groups (broad SMARTS) is 1. The SMILES string of the molecule is CC(N)(Cc1cccc(O)c1O)C(=O)O. The Morgan fingerprint density at radius 2 is 2.07 bits per heavy atom. The van der Waals surface area contributed by atoms with Crippen molar-refractivity contribution >= 4 is 5.97 Å². The predicted octanol–water partition coefficient (Wildman–Crippen LogP) is 0.442. The summed E-state index contributed by atoms with van der Waals surface area (Å²) in [5, 5.41) is 27.4. The molecule has 5 N–H and O–H groups in total. The Balaban J connectivity index is 3.00. The molecule has 15 heavy (non-hydrogen) atoms. The summed E-state index contributed by atoms with van der Waals surface area (Å²) in [6, 6.07) is 4.35. The van der Waals surface area contributed by atoms with E-state index >= 15 is 0 Å². The minimum absolute atomic E-state index is 0.0530.